The van der Waals surface area contributed by atoms with Crippen LogP contribution in [0.2, 0.25) is 0 Å². The van der Waals surface area contributed by atoms with Gasteiger partial charge < -0.3 is 9.72 Å². The molecule has 3 aromatic rings. The van der Waals surface area contributed by atoms with Crippen molar-refractivity contribution in [3.8, 4) is 5.75 Å². The number of nitrogens with one attached hydrogen (secondary N) is 1. The number of ether oxygens (including phenoxy) is 1. The summed E-state index contributed by atoms with van der Waals surface area (Å²) in [5.74, 6) is 0.590. The molecule has 1 N–H and O–H groups in total. The molecule has 0 unspecified atom stereocenters. The SMILES string of the molecule is COc1ccccc1Sc1c[nH]c2ccc(F)cc12. The van der Waals surface area contributed by atoms with Gasteiger partial charge in [-0.2, -0.15) is 0 Å². The summed E-state index contributed by atoms with van der Waals surface area (Å²) in [7, 11) is 1.65. The number of fused-ring (bicyclic) bond motifs is 1. The van der Waals surface area contributed by atoms with Gasteiger partial charge in [-0.25, -0.2) is 4.39 Å². The number of H-pyrrole nitrogens is 1. The predicted octanol–water partition coefficient (Wildman–Crippen LogP) is 4.47. The van der Waals surface area contributed by atoms with E-state index in [0.29, 0.717) is 0 Å². The van der Waals surface area contributed by atoms with Crippen molar-refractivity contribution in [1.29, 1.82) is 0 Å². The molecule has 0 spiro atoms. The van der Waals surface area contributed by atoms with E-state index in [2.05, 4.69) is 4.98 Å². The van der Waals surface area contributed by atoms with Gasteiger partial charge in [-0.1, -0.05) is 23.9 Å². The first-order valence-corrected chi connectivity index (χ1v) is 6.67. The summed E-state index contributed by atoms with van der Waals surface area (Å²) in [6.45, 7) is 0. The maximum Gasteiger partial charge on any atom is 0.132 e. The molecule has 0 amide bonds. The van der Waals surface area contributed by atoms with Crippen LogP contribution in [-0.4, -0.2) is 12.1 Å². The molecule has 0 saturated heterocycles. The van der Waals surface area contributed by atoms with Crippen LogP contribution in [0.4, 0.5) is 4.39 Å². The minimum Gasteiger partial charge on any atom is -0.496 e. The summed E-state index contributed by atoms with van der Waals surface area (Å²) in [5.41, 5.74) is 0.929. The lowest BCUT2D eigenvalue weighted by molar-refractivity contribution is 0.405. The third kappa shape index (κ3) is 2.31. The molecule has 0 atom stereocenters. The van der Waals surface area contributed by atoms with Crippen LogP contribution in [0.3, 0.4) is 0 Å². The van der Waals surface area contributed by atoms with Gasteiger partial charge in [-0.15, -0.1) is 0 Å². The third-order valence-electron chi connectivity index (χ3n) is 2.89. The van der Waals surface area contributed by atoms with Crippen molar-refractivity contribution >= 4 is 22.7 Å². The number of hydrogen-bond donors (Lipinski definition) is 1. The number of hydrogen-bond acceptors (Lipinski definition) is 2. The Kier molecular flexibility index (Phi) is 3.17. The second kappa shape index (κ2) is 4.97. The molecule has 0 aliphatic rings. The topological polar surface area (TPSA) is 25.0 Å². The Balaban J connectivity index is 2.03. The number of methoxy groups -OCH3 is 1. The van der Waals surface area contributed by atoms with E-state index in [1.807, 2.05) is 30.5 Å². The number of para-hydroxylation sites is 1. The number of rotatable bonds is 3. The second-order valence-electron chi connectivity index (χ2n) is 4.10. The average molecular weight is 273 g/mol. The Morgan fingerprint density at radius 2 is 1.95 bits per heavy atom. The highest BCUT2D eigenvalue weighted by molar-refractivity contribution is 7.99. The third-order valence-corrected chi connectivity index (χ3v) is 4.01. The second-order valence-corrected chi connectivity index (χ2v) is 5.18. The Labute approximate surface area is 114 Å². The monoisotopic (exact) mass is 273 g/mol. The number of benzene rings is 2. The molecule has 96 valence electrons. The van der Waals surface area contributed by atoms with E-state index in [0.717, 1.165) is 26.4 Å². The van der Waals surface area contributed by atoms with Crippen LogP contribution in [0, 0.1) is 5.82 Å². The van der Waals surface area contributed by atoms with Crippen molar-refractivity contribution in [2.24, 2.45) is 0 Å². The minimum absolute atomic E-state index is 0.228. The van der Waals surface area contributed by atoms with Gasteiger partial charge >= 0.3 is 0 Å². The van der Waals surface area contributed by atoms with E-state index in [9.17, 15) is 4.39 Å². The van der Waals surface area contributed by atoms with Gasteiger partial charge in [0, 0.05) is 22.0 Å². The standard InChI is InChI=1S/C15H12FNOS/c1-18-13-4-2-3-5-14(13)19-15-9-17-12-7-6-10(16)8-11(12)15/h2-9,17H,1H3. The molecule has 1 heterocycles. The van der Waals surface area contributed by atoms with E-state index < -0.39 is 0 Å². The van der Waals surface area contributed by atoms with Gasteiger partial charge in [0.05, 0.1) is 12.0 Å². The lowest BCUT2D eigenvalue weighted by Gasteiger charge is -2.06. The maximum atomic E-state index is 13.3. The predicted molar refractivity (Wildman–Crippen MR) is 75.4 cm³/mol. The first-order chi connectivity index (χ1) is 9.28. The lowest BCUT2D eigenvalue weighted by Crippen LogP contribution is -1.84. The molecule has 1 aromatic heterocycles. The molecule has 2 aromatic carbocycles. The fraction of sp³-hybridized carbons (Fsp3) is 0.0667. The maximum absolute atomic E-state index is 13.3. The quantitative estimate of drug-likeness (QED) is 0.761. The van der Waals surface area contributed by atoms with Crippen LogP contribution in [-0.2, 0) is 0 Å². The van der Waals surface area contributed by atoms with E-state index in [-0.39, 0.29) is 5.82 Å². The Morgan fingerprint density at radius 3 is 2.79 bits per heavy atom. The van der Waals surface area contributed by atoms with E-state index in [1.165, 1.54) is 6.07 Å². The first kappa shape index (κ1) is 12.1. The van der Waals surface area contributed by atoms with Gasteiger partial charge in [0.25, 0.3) is 0 Å². The van der Waals surface area contributed by atoms with E-state index in [4.69, 9.17) is 4.74 Å². The van der Waals surface area contributed by atoms with Gasteiger partial charge in [0.1, 0.15) is 11.6 Å². The molecular formula is C15H12FNOS. The zero-order chi connectivity index (χ0) is 13.2. The summed E-state index contributed by atoms with van der Waals surface area (Å²) >= 11 is 1.56. The highest BCUT2D eigenvalue weighted by Gasteiger charge is 2.09. The molecule has 0 aliphatic carbocycles. The summed E-state index contributed by atoms with van der Waals surface area (Å²) in [6, 6.07) is 12.5. The van der Waals surface area contributed by atoms with Crippen molar-refractivity contribution < 1.29 is 9.13 Å². The highest BCUT2D eigenvalue weighted by Crippen LogP contribution is 2.38. The molecule has 0 radical (unpaired) electrons. The minimum atomic E-state index is -0.228. The molecule has 19 heavy (non-hydrogen) atoms. The number of halogens is 1. The number of aromatic nitrogens is 1. The summed E-state index contributed by atoms with van der Waals surface area (Å²) in [5, 5.41) is 0.885. The van der Waals surface area contributed by atoms with Crippen LogP contribution in [0.15, 0.2) is 58.5 Å². The summed E-state index contributed by atoms with van der Waals surface area (Å²) in [6.07, 6.45) is 1.89. The van der Waals surface area contributed by atoms with Gasteiger partial charge in [-0.05, 0) is 30.3 Å². The van der Waals surface area contributed by atoms with Crippen LogP contribution >= 0.6 is 11.8 Å². The average Bonchev–Trinajstić information content (AvgIpc) is 2.82. The normalized spacial score (nSPS) is 10.8. The first-order valence-electron chi connectivity index (χ1n) is 5.85. The van der Waals surface area contributed by atoms with Gasteiger partial charge in [0.15, 0.2) is 0 Å². The fourth-order valence-electron chi connectivity index (χ4n) is 1.97. The fourth-order valence-corrected chi connectivity index (χ4v) is 3.01. The zero-order valence-corrected chi connectivity index (χ0v) is 11.1. The van der Waals surface area contributed by atoms with Crippen molar-refractivity contribution in [3.63, 3.8) is 0 Å². The van der Waals surface area contributed by atoms with Crippen molar-refractivity contribution in [2.45, 2.75) is 9.79 Å². The molecule has 0 bridgehead atoms. The molecule has 2 nitrogen and oxygen atoms in total. The van der Waals surface area contributed by atoms with E-state index in [1.54, 1.807) is 31.0 Å². The lowest BCUT2D eigenvalue weighted by atomic mass is 10.2. The Morgan fingerprint density at radius 1 is 1.11 bits per heavy atom. The largest absolute Gasteiger partial charge is 0.496 e. The zero-order valence-electron chi connectivity index (χ0n) is 10.3. The molecule has 0 saturated carbocycles. The smallest absolute Gasteiger partial charge is 0.132 e. The highest BCUT2D eigenvalue weighted by atomic mass is 32.2. The Bertz CT molecular complexity index is 723. The Hall–Kier alpha value is -1.94. The van der Waals surface area contributed by atoms with Crippen LogP contribution in [0.5, 0.6) is 5.75 Å². The van der Waals surface area contributed by atoms with Crippen molar-refractivity contribution in [2.75, 3.05) is 7.11 Å². The van der Waals surface area contributed by atoms with Crippen LogP contribution < -0.4 is 4.74 Å². The van der Waals surface area contributed by atoms with Crippen molar-refractivity contribution in [1.82, 2.24) is 4.98 Å². The molecule has 3 rings (SSSR count). The summed E-state index contributed by atoms with van der Waals surface area (Å²) in [4.78, 5) is 5.14. The summed E-state index contributed by atoms with van der Waals surface area (Å²) < 4.78 is 18.7. The number of aromatic amines is 1. The molecule has 0 aliphatic heterocycles. The molecular weight excluding hydrogens is 261 g/mol. The van der Waals surface area contributed by atoms with Gasteiger partial charge in [0.2, 0.25) is 0 Å². The molecule has 0 fully saturated rings. The van der Waals surface area contributed by atoms with E-state index >= 15 is 0 Å². The van der Waals surface area contributed by atoms with Crippen LogP contribution in [0.1, 0.15) is 0 Å². The van der Waals surface area contributed by atoms with Crippen molar-refractivity contribution in [3.05, 3.63) is 54.5 Å². The molecule has 4 heteroatoms. The van der Waals surface area contributed by atoms with Crippen LogP contribution in [0.25, 0.3) is 10.9 Å². The van der Waals surface area contributed by atoms with Gasteiger partial charge in [-0.3, -0.25) is 0 Å².